The number of hydrogen-bond acceptors (Lipinski definition) is 4. The number of rotatable bonds is 1. The van der Waals surface area contributed by atoms with Gasteiger partial charge in [0.2, 0.25) is 0 Å². The predicted molar refractivity (Wildman–Crippen MR) is 42.7 cm³/mol. The first-order valence-corrected chi connectivity index (χ1v) is 3.37. The lowest BCUT2D eigenvalue weighted by atomic mass is 9.94. The molecule has 0 bridgehead atoms. The molecule has 1 saturated heterocycles. The molecule has 0 saturated carbocycles. The van der Waals surface area contributed by atoms with Gasteiger partial charge >= 0.3 is 0 Å². The highest BCUT2D eigenvalue weighted by atomic mass is 35.5. The molecule has 68 valence electrons. The van der Waals surface area contributed by atoms with E-state index in [2.05, 4.69) is 0 Å². The van der Waals surface area contributed by atoms with Crippen LogP contribution >= 0.6 is 12.4 Å². The first kappa shape index (κ1) is 11.1. The molecule has 1 rings (SSSR count). The van der Waals surface area contributed by atoms with E-state index in [4.69, 9.17) is 10.5 Å². The van der Waals surface area contributed by atoms with Gasteiger partial charge in [0, 0.05) is 13.2 Å². The quantitative estimate of drug-likeness (QED) is 0.482. The van der Waals surface area contributed by atoms with E-state index < -0.39 is 11.7 Å². The Morgan fingerprint density at radius 1 is 1.64 bits per heavy atom. The van der Waals surface area contributed by atoms with Gasteiger partial charge in [-0.3, -0.25) is 0 Å². The van der Waals surface area contributed by atoms with Crippen molar-refractivity contribution in [2.75, 3.05) is 19.8 Å². The molecule has 0 aromatic carbocycles. The summed E-state index contributed by atoms with van der Waals surface area (Å²) < 4.78 is 4.96. The van der Waals surface area contributed by atoms with Gasteiger partial charge < -0.3 is 20.7 Å². The van der Waals surface area contributed by atoms with Crippen molar-refractivity contribution in [3.63, 3.8) is 0 Å². The third-order valence-corrected chi connectivity index (χ3v) is 1.86. The molecule has 0 spiro atoms. The van der Waals surface area contributed by atoms with Gasteiger partial charge in [-0.2, -0.15) is 0 Å². The summed E-state index contributed by atoms with van der Waals surface area (Å²) in [6.07, 6.45) is -0.264. The Labute approximate surface area is 71.8 Å². The first-order chi connectivity index (χ1) is 4.69. The zero-order valence-electron chi connectivity index (χ0n) is 6.19. The SMILES string of the molecule is Cl.NC[C@@]1(O)COCC[C@@H]1O. The molecule has 11 heavy (non-hydrogen) atoms. The molecule has 0 aliphatic carbocycles. The Hall–Kier alpha value is 0.130. The highest BCUT2D eigenvalue weighted by molar-refractivity contribution is 5.85. The lowest BCUT2D eigenvalue weighted by Gasteiger charge is -2.35. The maximum Gasteiger partial charge on any atom is 0.126 e. The fraction of sp³-hybridized carbons (Fsp3) is 1.00. The molecule has 4 nitrogen and oxygen atoms in total. The Kier molecular flexibility index (Phi) is 4.28. The average molecular weight is 184 g/mol. The molecule has 2 atom stereocenters. The van der Waals surface area contributed by atoms with Crippen molar-refractivity contribution in [3.05, 3.63) is 0 Å². The zero-order chi connectivity index (χ0) is 7.61. The lowest BCUT2D eigenvalue weighted by molar-refractivity contribution is -0.152. The maximum absolute atomic E-state index is 9.45. The second-order valence-electron chi connectivity index (χ2n) is 2.66. The second-order valence-corrected chi connectivity index (χ2v) is 2.66. The highest BCUT2D eigenvalue weighted by Crippen LogP contribution is 2.17. The molecule has 0 unspecified atom stereocenters. The molecular weight excluding hydrogens is 170 g/mol. The maximum atomic E-state index is 9.45. The van der Waals surface area contributed by atoms with Crippen LogP contribution in [-0.4, -0.2) is 41.7 Å². The van der Waals surface area contributed by atoms with Crippen LogP contribution in [0.4, 0.5) is 0 Å². The van der Waals surface area contributed by atoms with E-state index >= 15 is 0 Å². The summed E-state index contributed by atoms with van der Waals surface area (Å²) in [5, 5.41) is 18.7. The molecule has 5 heteroatoms. The van der Waals surface area contributed by atoms with Gasteiger partial charge in [0.05, 0.1) is 12.7 Å². The van der Waals surface area contributed by atoms with Gasteiger partial charge in [0.25, 0.3) is 0 Å². The molecule has 0 aromatic heterocycles. The topological polar surface area (TPSA) is 75.7 Å². The third kappa shape index (κ3) is 2.28. The number of halogens is 1. The first-order valence-electron chi connectivity index (χ1n) is 3.37. The van der Waals surface area contributed by atoms with Crippen molar-refractivity contribution in [2.24, 2.45) is 5.73 Å². The number of aliphatic hydroxyl groups excluding tert-OH is 1. The summed E-state index contributed by atoms with van der Waals surface area (Å²) in [5.41, 5.74) is 4.03. The van der Waals surface area contributed by atoms with Gasteiger partial charge in [0.15, 0.2) is 0 Å². The summed E-state index contributed by atoms with van der Waals surface area (Å²) in [6.45, 7) is 0.697. The molecule has 1 fully saturated rings. The van der Waals surface area contributed by atoms with Crippen LogP contribution in [0.25, 0.3) is 0 Å². The normalized spacial score (nSPS) is 37.9. The molecule has 1 aliphatic heterocycles. The van der Waals surface area contributed by atoms with Crippen LogP contribution in [0, 0.1) is 0 Å². The van der Waals surface area contributed by atoms with E-state index in [0.29, 0.717) is 13.0 Å². The Morgan fingerprint density at radius 2 is 2.27 bits per heavy atom. The molecule has 1 aliphatic rings. The van der Waals surface area contributed by atoms with Crippen LogP contribution in [0.1, 0.15) is 6.42 Å². The monoisotopic (exact) mass is 183 g/mol. The molecule has 4 N–H and O–H groups in total. The van der Waals surface area contributed by atoms with Gasteiger partial charge in [-0.15, -0.1) is 12.4 Å². The van der Waals surface area contributed by atoms with Crippen molar-refractivity contribution < 1.29 is 14.9 Å². The smallest absolute Gasteiger partial charge is 0.126 e. The Balaban J connectivity index is 0.000001000. The molecule has 0 amide bonds. The molecule has 0 aromatic rings. The molecule has 0 radical (unpaired) electrons. The lowest BCUT2D eigenvalue weighted by Crippen LogP contribution is -2.55. The van der Waals surface area contributed by atoms with Gasteiger partial charge in [-0.25, -0.2) is 0 Å². The van der Waals surface area contributed by atoms with E-state index in [0.717, 1.165) is 0 Å². The van der Waals surface area contributed by atoms with Crippen LogP contribution in [0.15, 0.2) is 0 Å². The van der Waals surface area contributed by atoms with Crippen molar-refractivity contribution in [2.45, 2.75) is 18.1 Å². The number of aliphatic hydroxyl groups is 2. The molecular formula is C6H14ClNO3. The fourth-order valence-corrected chi connectivity index (χ4v) is 1.00. The average Bonchev–Trinajstić information content (AvgIpc) is 1.96. The summed E-state index contributed by atoms with van der Waals surface area (Å²) in [7, 11) is 0. The van der Waals surface area contributed by atoms with E-state index in [1.807, 2.05) is 0 Å². The highest BCUT2D eigenvalue weighted by Gasteiger charge is 2.37. The minimum absolute atomic E-state index is 0. The van der Waals surface area contributed by atoms with Gasteiger partial charge in [-0.05, 0) is 6.42 Å². The predicted octanol–water partition coefficient (Wildman–Crippen LogP) is -1.12. The van der Waals surface area contributed by atoms with Crippen molar-refractivity contribution in [3.8, 4) is 0 Å². The van der Waals surface area contributed by atoms with Crippen molar-refractivity contribution >= 4 is 12.4 Å². The van der Waals surface area contributed by atoms with Crippen molar-refractivity contribution in [1.29, 1.82) is 0 Å². The largest absolute Gasteiger partial charge is 0.390 e. The van der Waals surface area contributed by atoms with Crippen LogP contribution in [0.5, 0.6) is 0 Å². The minimum Gasteiger partial charge on any atom is -0.390 e. The van der Waals surface area contributed by atoms with E-state index in [-0.39, 0.29) is 25.6 Å². The Morgan fingerprint density at radius 3 is 2.64 bits per heavy atom. The number of nitrogens with two attached hydrogens (primary N) is 1. The van der Waals surface area contributed by atoms with Gasteiger partial charge in [0.1, 0.15) is 5.60 Å². The number of hydrogen-bond donors (Lipinski definition) is 3. The minimum atomic E-state index is -1.21. The van der Waals surface area contributed by atoms with Crippen LogP contribution in [0.2, 0.25) is 0 Å². The summed E-state index contributed by atoms with van der Waals surface area (Å²) in [4.78, 5) is 0. The second kappa shape index (κ2) is 4.23. The summed E-state index contributed by atoms with van der Waals surface area (Å²) in [6, 6.07) is 0. The standard InChI is InChI=1S/C6H13NO3.ClH/c7-3-6(9)4-10-2-1-5(6)8;/h5,8-9H,1-4,7H2;1H/t5-,6+;/m0./s1. The summed E-state index contributed by atoms with van der Waals surface area (Å²) in [5.74, 6) is 0. The van der Waals surface area contributed by atoms with Crippen LogP contribution in [0.3, 0.4) is 0 Å². The number of ether oxygens (including phenoxy) is 1. The summed E-state index contributed by atoms with van der Waals surface area (Å²) >= 11 is 0. The zero-order valence-corrected chi connectivity index (χ0v) is 7.01. The van der Waals surface area contributed by atoms with Crippen LogP contribution < -0.4 is 5.73 Å². The van der Waals surface area contributed by atoms with E-state index in [1.165, 1.54) is 0 Å². The van der Waals surface area contributed by atoms with E-state index in [1.54, 1.807) is 0 Å². The Bertz CT molecular complexity index is 124. The molecule has 1 heterocycles. The van der Waals surface area contributed by atoms with Crippen LogP contribution in [-0.2, 0) is 4.74 Å². The third-order valence-electron chi connectivity index (χ3n) is 1.86. The van der Waals surface area contributed by atoms with Gasteiger partial charge in [-0.1, -0.05) is 0 Å². The fourth-order valence-electron chi connectivity index (χ4n) is 1.00. The van der Waals surface area contributed by atoms with E-state index in [9.17, 15) is 10.2 Å². The van der Waals surface area contributed by atoms with Crippen molar-refractivity contribution in [1.82, 2.24) is 0 Å².